The first-order valence-electron chi connectivity index (χ1n) is 16.4. The summed E-state index contributed by atoms with van der Waals surface area (Å²) in [4.78, 5) is 14.9. The second-order valence-electron chi connectivity index (χ2n) is 10.1. The molecule has 0 unspecified atom stereocenters. The SMILES string of the molecule is [2H]c1c([2H])c([2H])c(-c2cc(-c3ccccc3)cc3c2sc2cccc(-c4nc(-c5ccccc5)nc(-c5ccccc5)n4)c23)c([2H])c1[2H]. The Morgan fingerprint density at radius 2 is 1.05 bits per heavy atom. The van der Waals surface area contributed by atoms with Crippen LogP contribution in [0.4, 0.5) is 0 Å². The summed E-state index contributed by atoms with van der Waals surface area (Å²) in [6.45, 7) is 0. The van der Waals surface area contributed by atoms with Crippen LogP contribution in [0, 0.1) is 0 Å². The standard InChI is InChI=1S/C39H25N3S/c1-5-14-26(15-6-1)30-24-32(27-16-7-2-8-17-27)36-33(25-30)35-31(22-13-23-34(35)43-36)39-41-37(28-18-9-3-10-19-28)40-38(42-39)29-20-11-4-12-21-29/h1-25H/i2D,7D,8D,16D,17D. The van der Waals surface area contributed by atoms with Gasteiger partial charge >= 0.3 is 0 Å². The van der Waals surface area contributed by atoms with Crippen LogP contribution in [0.25, 0.3) is 76.6 Å². The highest BCUT2D eigenvalue weighted by Crippen LogP contribution is 2.45. The smallest absolute Gasteiger partial charge is 0.164 e. The predicted octanol–water partition coefficient (Wildman–Crippen LogP) is 10.6. The van der Waals surface area contributed by atoms with Crippen LogP contribution in [0.15, 0.2) is 152 Å². The molecule has 0 radical (unpaired) electrons. The van der Waals surface area contributed by atoms with Crippen LogP contribution in [0.3, 0.4) is 0 Å². The quantitative estimate of drug-likeness (QED) is 0.206. The molecule has 3 nitrogen and oxygen atoms in total. The van der Waals surface area contributed by atoms with Crippen LogP contribution in [0.2, 0.25) is 0 Å². The molecule has 6 aromatic carbocycles. The fraction of sp³-hybridized carbons (Fsp3) is 0. The molecule has 0 N–H and O–H groups in total. The van der Waals surface area contributed by atoms with Crippen LogP contribution in [0.5, 0.6) is 0 Å². The van der Waals surface area contributed by atoms with Crippen molar-refractivity contribution in [3.05, 3.63) is 152 Å². The summed E-state index contributed by atoms with van der Waals surface area (Å²) in [5, 5.41) is 1.81. The third-order valence-corrected chi connectivity index (χ3v) is 8.62. The maximum Gasteiger partial charge on any atom is 0.164 e. The minimum atomic E-state index is -0.416. The minimum Gasteiger partial charge on any atom is -0.208 e. The highest BCUT2D eigenvalue weighted by Gasteiger charge is 2.19. The zero-order chi connectivity index (χ0) is 32.9. The lowest BCUT2D eigenvalue weighted by Crippen LogP contribution is -2.00. The fourth-order valence-electron chi connectivity index (χ4n) is 5.41. The summed E-state index contributed by atoms with van der Waals surface area (Å²) in [7, 11) is 0. The van der Waals surface area contributed by atoms with Crippen molar-refractivity contribution in [3.8, 4) is 56.4 Å². The van der Waals surface area contributed by atoms with Gasteiger partial charge in [0.25, 0.3) is 0 Å². The highest BCUT2D eigenvalue weighted by atomic mass is 32.1. The molecule has 0 aliphatic rings. The van der Waals surface area contributed by atoms with Gasteiger partial charge in [-0.15, -0.1) is 11.3 Å². The third-order valence-electron chi connectivity index (χ3n) is 7.41. The van der Waals surface area contributed by atoms with Gasteiger partial charge in [0.2, 0.25) is 0 Å². The lowest BCUT2D eigenvalue weighted by atomic mass is 9.95. The van der Waals surface area contributed by atoms with E-state index in [4.69, 9.17) is 21.8 Å². The Labute approximate surface area is 260 Å². The summed E-state index contributed by atoms with van der Waals surface area (Å²) in [6, 6.07) is 38.0. The van der Waals surface area contributed by atoms with Crippen molar-refractivity contribution in [3.63, 3.8) is 0 Å². The van der Waals surface area contributed by atoms with Crippen molar-refractivity contribution >= 4 is 31.5 Å². The van der Waals surface area contributed by atoms with Gasteiger partial charge in [0.15, 0.2) is 17.5 Å². The maximum atomic E-state index is 8.85. The van der Waals surface area contributed by atoms with Crippen LogP contribution in [-0.4, -0.2) is 15.0 Å². The Kier molecular flexibility index (Phi) is 5.11. The molecule has 0 amide bonds. The molecule has 8 rings (SSSR count). The van der Waals surface area contributed by atoms with Gasteiger partial charge in [0.1, 0.15) is 0 Å². The maximum absolute atomic E-state index is 8.85. The van der Waals surface area contributed by atoms with E-state index in [-0.39, 0.29) is 29.7 Å². The lowest BCUT2D eigenvalue weighted by Gasteiger charge is -2.11. The van der Waals surface area contributed by atoms with Gasteiger partial charge in [-0.2, -0.15) is 0 Å². The molecule has 0 atom stereocenters. The molecule has 8 aromatic rings. The van der Waals surface area contributed by atoms with Gasteiger partial charge in [0.05, 0.1) is 6.85 Å². The number of benzene rings is 6. The van der Waals surface area contributed by atoms with Crippen molar-refractivity contribution in [2.75, 3.05) is 0 Å². The van der Waals surface area contributed by atoms with Gasteiger partial charge in [-0.05, 0) is 34.9 Å². The summed E-state index contributed by atoms with van der Waals surface area (Å²) in [6.07, 6.45) is 0. The molecule has 0 aliphatic heterocycles. The fourth-order valence-corrected chi connectivity index (χ4v) is 6.64. The molecule has 4 heteroatoms. The van der Waals surface area contributed by atoms with Crippen molar-refractivity contribution in [2.24, 2.45) is 0 Å². The largest absolute Gasteiger partial charge is 0.208 e. The first kappa shape index (κ1) is 20.4. The average molecular weight is 573 g/mol. The Morgan fingerprint density at radius 1 is 0.465 bits per heavy atom. The van der Waals surface area contributed by atoms with E-state index in [0.717, 1.165) is 48.0 Å². The van der Waals surface area contributed by atoms with Crippen molar-refractivity contribution in [1.82, 2.24) is 15.0 Å². The number of nitrogens with zero attached hydrogens (tertiary/aromatic N) is 3. The third kappa shape index (κ3) is 4.68. The van der Waals surface area contributed by atoms with E-state index in [1.807, 2.05) is 115 Å². The number of fused-ring (bicyclic) bond motifs is 3. The van der Waals surface area contributed by atoms with Crippen molar-refractivity contribution in [2.45, 2.75) is 0 Å². The molecule has 0 saturated heterocycles. The van der Waals surface area contributed by atoms with E-state index in [0.29, 0.717) is 23.0 Å². The number of thiophene rings is 1. The zero-order valence-corrected chi connectivity index (χ0v) is 23.6. The van der Waals surface area contributed by atoms with Crippen LogP contribution in [-0.2, 0) is 0 Å². The van der Waals surface area contributed by atoms with Gasteiger partial charge in [-0.1, -0.05) is 133 Å². The van der Waals surface area contributed by atoms with E-state index in [1.165, 1.54) is 11.3 Å². The van der Waals surface area contributed by atoms with E-state index < -0.39 is 6.04 Å². The molecule has 0 spiro atoms. The van der Waals surface area contributed by atoms with Crippen molar-refractivity contribution < 1.29 is 6.85 Å². The zero-order valence-electron chi connectivity index (χ0n) is 27.8. The molecule has 0 saturated carbocycles. The molecule has 0 aliphatic carbocycles. The Balaban J connectivity index is 1.47. The van der Waals surface area contributed by atoms with Crippen LogP contribution >= 0.6 is 11.3 Å². The number of aromatic nitrogens is 3. The lowest BCUT2D eigenvalue weighted by molar-refractivity contribution is 1.08. The van der Waals surface area contributed by atoms with Gasteiger partial charge in [-0.25, -0.2) is 15.0 Å². The summed E-state index contributed by atoms with van der Waals surface area (Å²) in [5.41, 5.74) is 5.13. The molecule has 43 heavy (non-hydrogen) atoms. The molecule has 0 fully saturated rings. The van der Waals surface area contributed by atoms with Gasteiger partial charge in [0, 0.05) is 42.4 Å². The first-order chi connectivity index (χ1) is 23.4. The second kappa shape index (κ2) is 10.8. The van der Waals surface area contributed by atoms with E-state index in [9.17, 15) is 0 Å². The summed E-state index contributed by atoms with van der Waals surface area (Å²) >= 11 is 1.52. The van der Waals surface area contributed by atoms with Gasteiger partial charge in [-0.3, -0.25) is 0 Å². The van der Waals surface area contributed by atoms with Crippen LogP contribution < -0.4 is 0 Å². The van der Waals surface area contributed by atoms with E-state index >= 15 is 0 Å². The minimum absolute atomic E-state index is 0.176. The molecule has 0 bridgehead atoms. The van der Waals surface area contributed by atoms with Crippen LogP contribution in [0.1, 0.15) is 6.85 Å². The molecule has 2 aromatic heterocycles. The molecular formula is C39H25N3S. The molecule has 202 valence electrons. The Hall–Kier alpha value is -5.45. The topological polar surface area (TPSA) is 38.7 Å². The van der Waals surface area contributed by atoms with E-state index in [1.54, 1.807) is 0 Å². The summed E-state index contributed by atoms with van der Waals surface area (Å²) in [5.74, 6) is 1.63. The van der Waals surface area contributed by atoms with Crippen molar-refractivity contribution in [1.29, 1.82) is 0 Å². The number of hydrogen-bond acceptors (Lipinski definition) is 4. The normalized spacial score (nSPS) is 12.9. The Morgan fingerprint density at radius 3 is 1.67 bits per heavy atom. The predicted molar refractivity (Wildman–Crippen MR) is 180 cm³/mol. The Bertz CT molecular complexity index is 2420. The van der Waals surface area contributed by atoms with Gasteiger partial charge < -0.3 is 0 Å². The average Bonchev–Trinajstić information content (AvgIpc) is 3.53. The highest BCUT2D eigenvalue weighted by molar-refractivity contribution is 7.26. The number of hydrogen-bond donors (Lipinski definition) is 0. The second-order valence-corrected chi connectivity index (χ2v) is 11.1. The number of rotatable bonds is 5. The summed E-state index contributed by atoms with van der Waals surface area (Å²) < 4.78 is 44.5. The molecule has 2 heterocycles. The molecular weight excluding hydrogens is 543 g/mol. The monoisotopic (exact) mass is 572 g/mol. The van der Waals surface area contributed by atoms with E-state index in [2.05, 4.69) is 6.07 Å². The first-order valence-corrected chi connectivity index (χ1v) is 14.7.